The molecule has 4 nitrogen and oxygen atoms in total. The summed E-state index contributed by atoms with van der Waals surface area (Å²) in [5, 5.41) is 7.01. The highest BCUT2D eigenvalue weighted by Crippen LogP contribution is 2.22. The summed E-state index contributed by atoms with van der Waals surface area (Å²) in [6.45, 7) is 1.94. The van der Waals surface area contributed by atoms with Gasteiger partial charge in [-0.15, -0.1) is 0 Å². The number of nitrogens with one attached hydrogen (secondary N) is 2. The second-order valence-corrected chi connectivity index (χ2v) is 4.80. The fraction of sp³-hybridized carbons (Fsp3) is 0.417. The number of benzene rings is 1. The van der Waals surface area contributed by atoms with Crippen molar-refractivity contribution < 1.29 is 4.79 Å². The molecule has 1 fully saturated rings. The van der Waals surface area contributed by atoms with E-state index in [-0.39, 0.29) is 5.91 Å². The van der Waals surface area contributed by atoms with Crippen molar-refractivity contribution in [2.75, 3.05) is 32.5 Å². The van der Waals surface area contributed by atoms with Crippen LogP contribution < -0.4 is 10.6 Å². The van der Waals surface area contributed by atoms with Gasteiger partial charge in [-0.2, -0.15) is 0 Å². The zero-order valence-electron chi connectivity index (χ0n) is 9.96. The number of hydrogen-bond acceptors (Lipinski definition) is 3. The van der Waals surface area contributed by atoms with Gasteiger partial charge in [-0.1, -0.05) is 11.6 Å². The van der Waals surface area contributed by atoms with Crippen molar-refractivity contribution in [1.82, 2.24) is 10.2 Å². The summed E-state index contributed by atoms with van der Waals surface area (Å²) in [6.07, 6.45) is 0. The first-order chi connectivity index (χ1) is 8.08. The standard InChI is InChI=1S/C12H16ClN3O/c1-16(2)12(17)10-4-3-8(5-11(10)13)15-9-6-14-7-9/h3-5,9,14-15H,6-7H2,1-2H3. The monoisotopic (exact) mass is 253 g/mol. The average Bonchev–Trinajstić information content (AvgIpc) is 2.22. The molecule has 1 saturated heterocycles. The molecule has 1 aliphatic rings. The Morgan fingerprint density at radius 3 is 2.65 bits per heavy atom. The lowest BCUT2D eigenvalue weighted by Gasteiger charge is -2.29. The Morgan fingerprint density at radius 1 is 1.47 bits per heavy atom. The first-order valence-corrected chi connectivity index (χ1v) is 5.94. The fourth-order valence-corrected chi connectivity index (χ4v) is 1.91. The first kappa shape index (κ1) is 12.2. The SMILES string of the molecule is CN(C)C(=O)c1ccc(NC2CNC2)cc1Cl. The Hall–Kier alpha value is -1.26. The van der Waals surface area contributed by atoms with Crippen LogP contribution in [0.25, 0.3) is 0 Å². The normalized spacial score (nSPS) is 15.2. The van der Waals surface area contributed by atoms with Gasteiger partial charge in [0.05, 0.1) is 16.6 Å². The number of rotatable bonds is 3. The Kier molecular flexibility index (Phi) is 3.54. The molecule has 0 bridgehead atoms. The molecule has 0 saturated carbocycles. The van der Waals surface area contributed by atoms with E-state index in [1.807, 2.05) is 6.07 Å². The topological polar surface area (TPSA) is 44.4 Å². The predicted octanol–water partition coefficient (Wildman–Crippen LogP) is 1.43. The molecule has 0 atom stereocenters. The maximum Gasteiger partial charge on any atom is 0.254 e. The highest BCUT2D eigenvalue weighted by atomic mass is 35.5. The van der Waals surface area contributed by atoms with Crippen LogP contribution in [-0.2, 0) is 0 Å². The highest BCUT2D eigenvalue weighted by molar-refractivity contribution is 6.34. The maximum absolute atomic E-state index is 11.8. The van der Waals surface area contributed by atoms with E-state index in [0.717, 1.165) is 18.8 Å². The van der Waals surface area contributed by atoms with Gasteiger partial charge in [-0.05, 0) is 18.2 Å². The molecule has 2 rings (SSSR count). The molecule has 1 aliphatic heterocycles. The molecule has 1 aromatic rings. The van der Waals surface area contributed by atoms with E-state index in [9.17, 15) is 4.79 Å². The minimum absolute atomic E-state index is 0.0770. The van der Waals surface area contributed by atoms with Crippen molar-refractivity contribution in [3.8, 4) is 0 Å². The molecule has 1 aromatic carbocycles. The van der Waals surface area contributed by atoms with E-state index in [1.54, 1.807) is 26.2 Å². The number of halogens is 1. The molecule has 1 heterocycles. The summed E-state index contributed by atoms with van der Waals surface area (Å²) >= 11 is 6.11. The lowest BCUT2D eigenvalue weighted by Crippen LogP contribution is -2.51. The highest BCUT2D eigenvalue weighted by Gasteiger charge is 2.17. The summed E-state index contributed by atoms with van der Waals surface area (Å²) in [5.74, 6) is -0.0770. The van der Waals surface area contributed by atoms with Gasteiger partial charge in [0, 0.05) is 32.9 Å². The number of carbonyl (C=O) groups excluding carboxylic acids is 1. The summed E-state index contributed by atoms with van der Waals surface area (Å²) in [6, 6.07) is 5.91. The molecular formula is C12H16ClN3O. The van der Waals surface area contributed by atoms with Crippen LogP contribution in [0, 0.1) is 0 Å². The molecule has 1 amide bonds. The van der Waals surface area contributed by atoms with E-state index >= 15 is 0 Å². The van der Waals surface area contributed by atoms with E-state index in [4.69, 9.17) is 11.6 Å². The van der Waals surface area contributed by atoms with Gasteiger partial charge < -0.3 is 15.5 Å². The molecule has 0 aliphatic carbocycles. The van der Waals surface area contributed by atoms with E-state index in [0.29, 0.717) is 16.6 Å². The fourth-order valence-electron chi connectivity index (χ4n) is 1.65. The van der Waals surface area contributed by atoms with Crippen LogP contribution in [0.3, 0.4) is 0 Å². The van der Waals surface area contributed by atoms with E-state index < -0.39 is 0 Å². The first-order valence-electron chi connectivity index (χ1n) is 5.56. The van der Waals surface area contributed by atoms with Crippen LogP contribution in [0.4, 0.5) is 5.69 Å². The quantitative estimate of drug-likeness (QED) is 0.857. The Morgan fingerprint density at radius 2 is 2.18 bits per heavy atom. The Bertz CT molecular complexity index is 430. The van der Waals surface area contributed by atoms with Crippen LogP contribution in [0.15, 0.2) is 18.2 Å². The van der Waals surface area contributed by atoms with Crippen LogP contribution in [-0.4, -0.2) is 44.0 Å². The Labute approximate surface area is 106 Å². The van der Waals surface area contributed by atoms with Gasteiger partial charge in [0.1, 0.15) is 0 Å². The summed E-state index contributed by atoms with van der Waals surface area (Å²) in [4.78, 5) is 13.3. The number of amides is 1. The molecule has 0 radical (unpaired) electrons. The van der Waals surface area contributed by atoms with Crippen LogP contribution in [0.1, 0.15) is 10.4 Å². The summed E-state index contributed by atoms with van der Waals surface area (Å²) in [7, 11) is 3.43. The predicted molar refractivity (Wildman–Crippen MR) is 69.7 cm³/mol. The molecule has 17 heavy (non-hydrogen) atoms. The number of carbonyl (C=O) groups is 1. The second-order valence-electron chi connectivity index (χ2n) is 4.39. The molecule has 0 unspecified atom stereocenters. The van der Waals surface area contributed by atoms with Crippen LogP contribution in [0.2, 0.25) is 5.02 Å². The third kappa shape index (κ3) is 2.70. The van der Waals surface area contributed by atoms with Crippen LogP contribution >= 0.6 is 11.6 Å². The van der Waals surface area contributed by atoms with Crippen molar-refractivity contribution in [2.45, 2.75) is 6.04 Å². The lowest BCUT2D eigenvalue weighted by atomic mass is 10.1. The van der Waals surface area contributed by atoms with Gasteiger partial charge >= 0.3 is 0 Å². The van der Waals surface area contributed by atoms with Crippen molar-refractivity contribution >= 4 is 23.2 Å². The average molecular weight is 254 g/mol. The lowest BCUT2D eigenvalue weighted by molar-refractivity contribution is 0.0828. The smallest absolute Gasteiger partial charge is 0.254 e. The number of nitrogens with zero attached hydrogens (tertiary/aromatic N) is 1. The van der Waals surface area contributed by atoms with Crippen molar-refractivity contribution in [3.05, 3.63) is 28.8 Å². The van der Waals surface area contributed by atoms with Gasteiger partial charge in [0.2, 0.25) is 0 Å². The molecule has 2 N–H and O–H groups in total. The number of anilines is 1. The third-order valence-electron chi connectivity index (χ3n) is 2.76. The largest absolute Gasteiger partial charge is 0.380 e. The maximum atomic E-state index is 11.8. The molecule has 0 spiro atoms. The summed E-state index contributed by atoms with van der Waals surface area (Å²) in [5.41, 5.74) is 1.49. The molecular weight excluding hydrogens is 238 g/mol. The molecule has 92 valence electrons. The third-order valence-corrected chi connectivity index (χ3v) is 3.07. The second kappa shape index (κ2) is 4.94. The van der Waals surface area contributed by atoms with Crippen molar-refractivity contribution in [2.24, 2.45) is 0 Å². The molecule has 0 aromatic heterocycles. The number of hydrogen-bond donors (Lipinski definition) is 2. The van der Waals surface area contributed by atoms with Gasteiger partial charge in [-0.3, -0.25) is 4.79 Å². The zero-order valence-corrected chi connectivity index (χ0v) is 10.7. The zero-order chi connectivity index (χ0) is 12.4. The van der Waals surface area contributed by atoms with Crippen LogP contribution in [0.5, 0.6) is 0 Å². The van der Waals surface area contributed by atoms with E-state index in [2.05, 4.69) is 10.6 Å². The van der Waals surface area contributed by atoms with Gasteiger partial charge in [0.25, 0.3) is 5.91 Å². The summed E-state index contributed by atoms with van der Waals surface area (Å²) < 4.78 is 0. The minimum atomic E-state index is -0.0770. The Balaban J connectivity index is 2.13. The van der Waals surface area contributed by atoms with E-state index in [1.165, 1.54) is 4.90 Å². The van der Waals surface area contributed by atoms with Gasteiger partial charge in [0.15, 0.2) is 0 Å². The van der Waals surface area contributed by atoms with Crippen molar-refractivity contribution in [1.29, 1.82) is 0 Å². The van der Waals surface area contributed by atoms with Gasteiger partial charge in [-0.25, -0.2) is 0 Å². The van der Waals surface area contributed by atoms with Crippen molar-refractivity contribution in [3.63, 3.8) is 0 Å². The minimum Gasteiger partial charge on any atom is -0.380 e. The molecule has 5 heteroatoms.